The highest BCUT2D eigenvalue weighted by Gasteiger charge is 2.16. The number of carbonyl (C=O) groups excluding carboxylic acids is 2. The van der Waals surface area contributed by atoms with E-state index < -0.39 is 11.8 Å². The maximum absolute atomic E-state index is 12.4. The molecule has 2 N–H and O–H groups in total. The number of amides is 2. The van der Waals surface area contributed by atoms with Gasteiger partial charge in [0.05, 0.1) is 42.0 Å². The van der Waals surface area contributed by atoms with Crippen LogP contribution in [0, 0.1) is 0 Å². The van der Waals surface area contributed by atoms with Crippen molar-refractivity contribution in [3.05, 3.63) is 78.7 Å². The van der Waals surface area contributed by atoms with Gasteiger partial charge in [-0.2, -0.15) is 10.2 Å². The van der Waals surface area contributed by atoms with Gasteiger partial charge in [-0.3, -0.25) is 9.59 Å². The molecule has 0 spiro atoms. The lowest BCUT2D eigenvalue weighted by Crippen LogP contribution is -2.18. The second-order valence-electron chi connectivity index (χ2n) is 6.56. The highest BCUT2D eigenvalue weighted by Crippen LogP contribution is 2.38. The zero-order valence-corrected chi connectivity index (χ0v) is 23.5. The van der Waals surface area contributed by atoms with E-state index in [1.54, 1.807) is 23.5 Å². The number of hydrogen-bond donors (Lipinski definition) is 2. The number of rotatable bonds is 8. The predicted octanol–water partition coefficient (Wildman–Crippen LogP) is 7.33. The number of nitrogens with one attached hydrogen (secondary N) is 2. The van der Waals surface area contributed by atoms with Crippen LogP contribution in [-0.4, -0.2) is 36.8 Å². The average molecular weight is 606 g/mol. The largest absolute Gasteiger partial charge is 0.272 e. The Labute approximate surface area is 234 Å². The highest BCUT2D eigenvalue weighted by atomic mass is 35.5. The molecule has 182 valence electrons. The van der Waals surface area contributed by atoms with Crippen molar-refractivity contribution < 1.29 is 9.59 Å². The van der Waals surface area contributed by atoms with Crippen LogP contribution in [-0.2, 0) is 0 Å². The molecule has 6 nitrogen and oxygen atoms in total. The first-order valence-corrected chi connectivity index (χ1v) is 14.3. The molecule has 3 aromatic rings. The zero-order chi connectivity index (χ0) is 25.5. The van der Waals surface area contributed by atoms with Crippen molar-refractivity contribution in [2.24, 2.45) is 10.2 Å². The number of benzene rings is 2. The van der Waals surface area contributed by atoms with E-state index >= 15 is 0 Å². The number of hydrazone groups is 2. The topological polar surface area (TPSA) is 82.9 Å². The summed E-state index contributed by atoms with van der Waals surface area (Å²) in [6, 6.07) is 9.15. The number of nitrogens with zero attached hydrogens (tertiary/aromatic N) is 2. The van der Waals surface area contributed by atoms with Crippen LogP contribution in [0.15, 0.2) is 55.0 Å². The smallest absolute Gasteiger partial charge is 0.267 e. The van der Waals surface area contributed by atoms with E-state index in [1.807, 2.05) is 12.5 Å². The summed E-state index contributed by atoms with van der Waals surface area (Å²) in [5.74, 6) is -0.951. The molecule has 0 aliphatic rings. The van der Waals surface area contributed by atoms with Crippen LogP contribution >= 0.6 is 81.3 Å². The van der Waals surface area contributed by atoms with E-state index in [1.165, 1.54) is 60.2 Å². The molecular formula is C22H16Cl4N4O2S3. The van der Waals surface area contributed by atoms with E-state index in [-0.39, 0.29) is 21.2 Å². The van der Waals surface area contributed by atoms with Crippen LogP contribution in [0.25, 0.3) is 0 Å². The van der Waals surface area contributed by atoms with Crippen LogP contribution < -0.4 is 10.9 Å². The number of halogens is 4. The van der Waals surface area contributed by atoms with Crippen molar-refractivity contribution in [1.29, 1.82) is 0 Å². The standard InChI is InChI=1S/C22H16Cl4N4O2S3/c1-33-21-15(9-27-29-19(31)13-5-3-11(23)7-17(13)25)16(22(34-2)35-21)10-28-30-20(32)14-6-4-12(24)8-18(14)26/h3-10H,1-2H3,(H,29,31)(H,30,32)/b27-9+,28-10+. The first-order chi connectivity index (χ1) is 16.7. The van der Waals surface area contributed by atoms with E-state index in [0.717, 1.165) is 19.5 Å². The third-order valence-corrected chi connectivity index (χ3v) is 8.94. The molecule has 0 saturated carbocycles. The Kier molecular flexibility index (Phi) is 10.4. The summed E-state index contributed by atoms with van der Waals surface area (Å²) in [6.07, 6.45) is 6.93. The van der Waals surface area contributed by atoms with Gasteiger partial charge in [-0.05, 0) is 48.9 Å². The summed E-state index contributed by atoms with van der Waals surface area (Å²) in [5.41, 5.74) is 6.94. The minimum absolute atomic E-state index is 0.222. The molecule has 2 aromatic carbocycles. The van der Waals surface area contributed by atoms with E-state index in [4.69, 9.17) is 46.4 Å². The summed E-state index contributed by atoms with van der Waals surface area (Å²) in [7, 11) is 0. The van der Waals surface area contributed by atoms with Crippen LogP contribution in [0.1, 0.15) is 31.8 Å². The number of thioether (sulfide) groups is 2. The molecule has 0 saturated heterocycles. The highest BCUT2D eigenvalue weighted by molar-refractivity contribution is 8.02. The van der Waals surface area contributed by atoms with Gasteiger partial charge in [0.25, 0.3) is 11.8 Å². The van der Waals surface area contributed by atoms with Crippen molar-refractivity contribution in [1.82, 2.24) is 10.9 Å². The van der Waals surface area contributed by atoms with Crippen LogP contribution in [0.3, 0.4) is 0 Å². The van der Waals surface area contributed by atoms with Crippen molar-refractivity contribution in [2.75, 3.05) is 12.5 Å². The Morgan fingerprint density at radius 1 is 0.771 bits per heavy atom. The number of hydrogen-bond acceptors (Lipinski definition) is 7. The lowest BCUT2D eigenvalue weighted by molar-refractivity contribution is 0.0947. The average Bonchev–Trinajstić information content (AvgIpc) is 3.15. The van der Waals surface area contributed by atoms with Crippen LogP contribution in [0.4, 0.5) is 0 Å². The Hall–Kier alpha value is -1.72. The fraction of sp³-hybridized carbons (Fsp3) is 0.0909. The Morgan fingerprint density at radius 2 is 1.17 bits per heavy atom. The maximum Gasteiger partial charge on any atom is 0.272 e. The SMILES string of the molecule is CSc1sc(SC)c(/C=N/NC(=O)c2ccc(Cl)cc2Cl)c1/C=N/NC(=O)c1ccc(Cl)cc1Cl. The molecule has 0 atom stereocenters. The molecule has 1 heterocycles. The van der Waals surface area contributed by atoms with Crippen molar-refractivity contribution in [2.45, 2.75) is 8.42 Å². The minimum Gasteiger partial charge on any atom is -0.267 e. The molecule has 13 heteroatoms. The second kappa shape index (κ2) is 13.0. The molecule has 1 aromatic heterocycles. The van der Waals surface area contributed by atoms with Crippen LogP contribution in [0.5, 0.6) is 0 Å². The fourth-order valence-electron chi connectivity index (χ4n) is 2.74. The number of carbonyl (C=O) groups is 2. The third kappa shape index (κ3) is 7.16. The Balaban J connectivity index is 1.80. The molecule has 0 aliphatic carbocycles. The normalized spacial score (nSPS) is 11.4. The van der Waals surface area contributed by atoms with Crippen molar-refractivity contribution in [3.63, 3.8) is 0 Å². The Bertz CT molecular complexity index is 1230. The molecule has 0 radical (unpaired) electrons. The van der Waals surface area contributed by atoms with E-state index in [2.05, 4.69) is 21.1 Å². The summed E-state index contributed by atoms with van der Waals surface area (Å²) < 4.78 is 1.93. The lowest BCUT2D eigenvalue weighted by Gasteiger charge is -2.04. The molecule has 0 aliphatic heterocycles. The molecule has 3 rings (SSSR count). The number of thiophene rings is 1. The fourth-order valence-corrected chi connectivity index (χ4v) is 6.53. The van der Waals surface area contributed by atoms with Gasteiger partial charge in [-0.1, -0.05) is 46.4 Å². The first kappa shape index (κ1) is 27.9. The van der Waals surface area contributed by atoms with Gasteiger partial charge in [-0.25, -0.2) is 10.9 Å². The quantitative estimate of drug-likeness (QED) is 0.160. The first-order valence-electron chi connectivity index (χ1n) is 9.56. The van der Waals surface area contributed by atoms with Gasteiger partial charge in [0.15, 0.2) is 0 Å². The summed E-state index contributed by atoms with van der Waals surface area (Å²) in [4.78, 5) is 24.9. The molecule has 2 amide bonds. The molecule has 0 unspecified atom stereocenters. The van der Waals surface area contributed by atoms with Gasteiger partial charge in [0, 0.05) is 21.2 Å². The molecule has 0 fully saturated rings. The van der Waals surface area contributed by atoms with Gasteiger partial charge >= 0.3 is 0 Å². The molecular weight excluding hydrogens is 590 g/mol. The van der Waals surface area contributed by atoms with Crippen molar-refractivity contribution in [3.8, 4) is 0 Å². The maximum atomic E-state index is 12.4. The summed E-state index contributed by atoms with van der Waals surface area (Å²) in [5, 5.41) is 9.49. The predicted molar refractivity (Wildman–Crippen MR) is 151 cm³/mol. The van der Waals surface area contributed by atoms with Gasteiger partial charge in [0.2, 0.25) is 0 Å². The van der Waals surface area contributed by atoms with Gasteiger partial charge in [0.1, 0.15) is 0 Å². The zero-order valence-electron chi connectivity index (χ0n) is 18.1. The van der Waals surface area contributed by atoms with E-state index in [0.29, 0.717) is 10.0 Å². The van der Waals surface area contributed by atoms with Gasteiger partial charge in [-0.15, -0.1) is 34.9 Å². The van der Waals surface area contributed by atoms with Crippen molar-refractivity contribution >= 4 is 106 Å². The third-order valence-electron chi connectivity index (χ3n) is 4.36. The summed E-state index contributed by atoms with van der Waals surface area (Å²) >= 11 is 28.6. The Morgan fingerprint density at radius 3 is 1.51 bits per heavy atom. The van der Waals surface area contributed by atoms with Gasteiger partial charge < -0.3 is 0 Å². The van der Waals surface area contributed by atoms with E-state index in [9.17, 15) is 9.59 Å². The molecule has 35 heavy (non-hydrogen) atoms. The second-order valence-corrected chi connectivity index (χ2v) is 11.4. The lowest BCUT2D eigenvalue weighted by atomic mass is 10.2. The molecule has 0 bridgehead atoms. The summed E-state index contributed by atoms with van der Waals surface area (Å²) in [6.45, 7) is 0. The monoisotopic (exact) mass is 604 g/mol. The van der Waals surface area contributed by atoms with Crippen LogP contribution in [0.2, 0.25) is 20.1 Å². The minimum atomic E-state index is -0.476.